The van der Waals surface area contributed by atoms with Crippen LogP contribution in [0.5, 0.6) is 0 Å². The molecule has 0 radical (unpaired) electrons. The van der Waals surface area contributed by atoms with Gasteiger partial charge in [0.1, 0.15) is 5.82 Å². The van der Waals surface area contributed by atoms with Crippen LogP contribution in [0.4, 0.5) is 4.39 Å². The highest BCUT2D eigenvalue weighted by Crippen LogP contribution is 2.25. The standard InChI is InChI=1S/C12H14FN/c1-9-3-2-4-11(13)12(9)10-5-7-14-8-6-10/h2-5,14H,6-8H2,1H3. The molecular weight excluding hydrogens is 177 g/mol. The zero-order valence-electron chi connectivity index (χ0n) is 8.31. The molecule has 0 fully saturated rings. The first-order chi connectivity index (χ1) is 6.79. The molecule has 1 nitrogen and oxygen atoms in total. The predicted octanol–water partition coefficient (Wildman–Crippen LogP) is 2.51. The third kappa shape index (κ3) is 1.70. The number of nitrogens with one attached hydrogen (secondary N) is 1. The second-order valence-corrected chi connectivity index (χ2v) is 3.62. The molecule has 0 aliphatic carbocycles. The normalized spacial score (nSPS) is 16.6. The Balaban J connectivity index is 2.44. The summed E-state index contributed by atoms with van der Waals surface area (Å²) in [7, 11) is 0. The Morgan fingerprint density at radius 3 is 2.86 bits per heavy atom. The van der Waals surface area contributed by atoms with E-state index in [1.807, 2.05) is 13.0 Å². The minimum Gasteiger partial charge on any atom is -0.313 e. The molecular formula is C12H14FN. The molecule has 0 spiro atoms. The maximum absolute atomic E-state index is 13.6. The molecule has 1 N–H and O–H groups in total. The van der Waals surface area contributed by atoms with Gasteiger partial charge in [0, 0.05) is 12.1 Å². The van der Waals surface area contributed by atoms with E-state index in [1.54, 1.807) is 6.07 Å². The van der Waals surface area contributed by atoms with E-state index in [0.29, 0.717) is 0 Å². The van der Waals surface area contributed by atoms with Crippen LogP contribution in [0, 0.1) is 12.7 Å². The fraction of sp³-hybridized carbons (Fsp3) is 0.333. The SMILES string of the molecule is Cc1cccc(F)c1C1=CCNCC1. The van der Waals surface area contributed by atoms with Crippen molar-refractivity contribution in [2.75, 3.05) is 13.1 Å². The minimum absolute atomic E-state index is 0.0989. The average Bonchev–Trinajstić information content (AvgIpc) is 2.19. The Labute approximate surface area is 83.6 Å². The number of hydrogen-bond donors (Lipinski definition) is 1. The van der Waals surface area contributed by atoms with Crippen molar-refractivity contribution in [2.45, 2.75) is 13.3 Å². The van der Waals surface area contributed by atoms with Crippen LogP contribution in [-0.4, -0.2) is 13.1 Å². The smallest absolute Gasteiger partial charge is 0.130 e. The van der Waals surface area contributed by atoms with Gasteiger partial charge in [0.25, 0.3) is 0 Å². The van der Waals surface area contributed by atoms with Crippen molar-refractivity contribution in [3.63, 3.8) is 0 Å². The van der Waals surface area contributed by atoms with E-state index in [-0.39, 0.29) is 5.82 Å². The molecule has 1 heterocycles. The summed E-state index contributed by atoms with van der Waals surface area (Å²) in [5.41, 5.74) is 2.96. The molecule has 2 rings (SSSR count). The van der Waals surface area contributed by atoms with E-state index in [0.717, 1.165) is 36.2 Å². The Hall–Kier alpha value is -1.15. The highest BCUT2D eigenvalue weighted by molar-refractivity contribution is 5.69. The van der Waals surface area contributed by atoms with E-state index < -0.39 is 0 Å². The highest BCUT2D eigenvalue weighted by atomic mass is 19.1. The number of aryl methyl sites for hydroxylation is 1. The lowest BCUT2D eigenvalue weighted by atomic mass is 9.96. The third-order valence-electron chi connectivity index (χ3n) is 2.61. The highest BCUT2D eigenvalue weighted by Gasteiger charge is 2.12. The number of benzene rings is 1. The number of halogens is 1. The van der Waals surface area contributed by atoms with Crippen LogP contribution in [0.25, 0.3) is 5.57 Å². The molecule has 0 saturated heterocycles. The monoisotopic (exact) mass is 191 g/mol. The van der Waals surface area contributed by atoms with Crippen molar-refractivity contribution >= 4 is 5.57 Å². The molecule has 1 aliphatic heterocycles. The number of rotatable bonds is 1. The van der Waals surface area contributed by atoms with E-state index in [9.17, 15) is 4.39 Å². The zero-order chi connectivity index (χ0) is 9.97. The van der Waals surface area contributed by atoms with E-state index in [4.69, 9.17) is 0 Å². The van der Waals surface area contributed by atoms with Gasteiger partial charge >= 0.3 is 0 Å². The topological polar surface area (TPSA) is 12.0 Å². The fourth-order valence-corrected chi connectivity index (χ4v) is 1.89. The maximum Gasteiger partial charge on any atom is 0.130 e. The second-order valence-electron chi connectivity index (χ2n) is 3.62. The summed E-state index contributed by atoms with van der Waals surface area (Å²) in [4.78, 5) is 0. The molecule has 0 aromatic heterocycles. The third-order valence-corrected chi connectivity index (χ3v) is 2.61. The molecule has 0 amide bonds. The quantitative estimate of drug-likeness (QED) is 0.719. The summed E-state index contributed by atoms with van der Waals surface area (Å²) in [6, 6.07) is 5.25. The van der Waals surface area contributed by atoms with Crippen molar-refractivity contribution in [2.24, 2.45) is 0 Å². The second kappa shape index (κ2) is 3.93. The van der Waals surface area contributed by atoms with Crippen LogP contribution < -0.4 is 5.32 Å². The van der Waals surface area contributed by atoms with Gasteiger partial charge in [-0.25, -0.2) is 4.39 Å². The molecule has 0 atom stereocenters. The Kier molecular flexibility index (Phi) is 2.64. The molecule has 1 aromatic carbocycles. The molecule has 0 bridgehead atoms. The van der Waals surface area contributed by atoms with Gasteiger partial charge < -0.3 is 5.32 Å². The van der Waals surface area contributed by atoms with Crippen molar-refractivity contribution in [1.29, 1.82) is 0 Å². The minimum atomic E-state index is -0.0989. The summed E-state index contributed by atoms with van der Waals surface area (Å²) in [5, 5.41) is 3.22. The summed E-state index contributed by atoms with van der Waals surface area (Å²) >= 11 is 0. The lowest BCUT2D eigenvalue weighted by Gasteiger charge is -2.16. The molecule has 14 heavy (non-hydrogen) atoms. The molecule has 2 heteroatoms. The number of hydrogen-bond acceptors (Lipinski definition) is 1. The fourth-order valence-electron chi connectivity index (χ4n) is 1.89. The van der Waals surface area contributed by atoms with Gasteiger partial charge in [0.2, 0.25) is 0 Å². The summed E-state index contributed by atoms with van der Waals surface area (Å²) in [5.74, 6) is -0.0989. The Morgan fingerprint density at radius 2 is 2.21 bits per heavy atom. The van der Waals surface area contributed by atoms with E-state index in [1.165, 1.54) is 6.07 Å². The van der Waals surface area contributed by atoms with Gasteiger partial charge in [-0.15, -0.1) is 0 Å². The molecule has 1 aliphatic rings. The van der Waals surface area contributed by atoms with Crippen molar-refractivity contribution in [1.82, 2.24) is 5.32 Å². The van der Waals surface area contributed by atoms with Crippen LogP contribution in [0.2, 0.25) is 0 Å². The lowest BCUT2D eigenvalue weighted by Crippen LogP contribution is -2.20. The average molecular weight is 191 g/mol. The molecule has 1 aromatic rings. The van der Waals surface area contributed by atoms with Gasteiger partial charge in [-0.05, 0) is 37.1 Å². The van der Waals surface area contributed by atoms with Gasteiger partial charge in [-0.3, -0.25) is 0 Å². The van der Waals surface area contributed by atoms with Crippen LogP contribution in [-0.2, 0) is 0 Å². The summed E-state index contributed by atoms with van der Waals surface area (Å²) in [6.45, 7) is 3.75. The molecule has 0 unspecified atom stereocenters. The predicted molar refractivity (Wildman–Crippen MR) is 56.6 cm³/mol. The van der Waals surface area contributed by atoms with Crippen molar-refractivity contribution in [3.8, 4) is 0 Å². The van der Waals surface area contributed by atoms with Crippen molar-refractivity contribution in [3.05, 3.63) is 41.2 Å². The summed E-state index contributed by atoms with van der Waals surface area (Å²) in [6.07, 6.45) is 3.00. The van der Waals surface area contributed by atoms with Gasteiger partial charge in [0.05, 0.1) is 0 Å². The molecule has 74 valence electrons. The van der Waals surface area contributed by atoms with Crippen LogP contribution in [0.1, 0.15) is 17.5 Å². The first kappa shape index (κ1) is 9.41. The van der Waals surface area contributed by atoms with Crippen LogP contribution in [0.15, 0.2) is 24.3 Å². The van der Waals surface area contributed by atoms with Crippen molar-refractivity contribution < 1.29 is 4.39 Å². The van der Waals surface area contributed by atoms with Crippen LogP contribution in [0.3, 0.4) is 0 Å². The van der Waals surface area contributed by atoms with E-state index in [2.05, 4.69) is 11.4 Å². The van der Waals surface area contributed by atoms with Gasteiger partial charge in [0.15, 0.2) is 0 Å². The maximum atomic E-state index is 13.6. The summed E-state index contributed by atoms with van der Waals surface area (Å²) < 4.78 is 13.6. The van der Waals surface area contributed by atoms with E-state index >= 15 is 0 Å². The first-order valence-electron chi connectivity index (χ1n) is 4.94. The first-order valence-corrected chi connectivity index (χ1v) is 4.94. The zero-order valence-corrected chi connectivity index (χ0v) is 8.31. The van der Waals surface area contributed by atoms with Gasteiger partial charge in [-0.1, -0.05) is 18.2 Å². The molecule has 0 saturated carbocycles. The largest absolute Gasteiger partial charge is 0.313 e. The Bertz CT molecular complexity index is 348. The van der Waals surface area contributed by atoms with Crippen LogP contribution >= 0.6 is 0 Å². The Morgan fingerprint density at radius 1 is 1.36 bits per heavy atom. The van der Waals surface area contributed by atoms with Gasteiger partial charge in [-0.2, -0.15) is 0 Å². The lowest BCUT2D eigenvalue weighted by molar-refractivity contribution is 0.619.